The van der Waals surface area contributed by atoms with Gasteiger partial charge in [-0.3, -0.25) is 4.98 Å². The van der Waals surface area contributed by atoms with Crippen LogP contribution in [0.1, 0.15) is 18.4 Å². The Kier molecular flexibility index (Phi) is 4.41. The van der Waals surface area contributed by atoms with Gasteiger partial charge >= 0.3 is 0 Å². The summed E-state index contributed by atoms with van der Waals surface area (Å²) in [5, 5.41) is 3.36. The second-order valence-corrected chi connectivity index (χ2v) is 4.26. The van der Waals surface area contributed by atoms with E-state index in [1.165, 1.54) is 0 Å². The highest BCUT2D eigenvalue weighted by atomic mass is 16.5. The first-order chi connectivity index (χ1) is 8.85. The van der Waals surface area contributed by atoms with Gasteiger partial charge in [-0.2, -0.15) is 0 Å². The second kappa shape index (κ2) is 6.26. The summed E-state index contributed by atoms with van der Waals surface area (Å²) < 4.78 is 5.34. The Morgan fingerprint density at radius 2 is 2.39 bits per heavy atom. The average Bonchev–Trinajstić information content (AvgIpc) is 2.88. The van der Waals surface area contributed by atoms with E-state index in [0.29, 0.717) is 0 Å². The molecule has 5 heteroatoms. The van der Waals surface area contributed by atoms with Gasteiger partial charge in [0.25, 0.3) is 0 Å². The van der Waals surface area contributed by atoms with Crippen LogP contribution in [0.15, 0.2) is 24.7 Å². The topological polar surface area (TPSA) is 63.4 Å². The van der Waals surface area contributed by atoms with Crippen molar-refractivity contribution < 1.29 is 4.74 Å². The van der Waals surface area contributed by atoms with Crippen LogP contribution in [-0.4, -0.2) is 36.8 Å². The van der Waals surface area contributed by atoms with Gasteiger partial charge in [0.15, 0.2) is 0 Å². The third-order valence-corrected chi connectivity index (χ3v) is 2.97. The zero-order valence-electron chi connectivity index (χ0n) is 10.7. The van der Waals surface area contributed by atoms with Crippen molar-refractivity contribution in [3.8, 4) is 5.75 Å². The first-order valence-electron chi connectivity index (χ1n) is 6.23. The molecule has 1 aliphatic heterocycles. The lowest BCUT2D eigenvalue weighted by atomic mass is 10.2. The number of nitrogens with two attached hydrogens (primary N) is 1. The zero-order valence-corrected chi connectivity index (χ0v) is 10.7. The molecule has 1 aromatic heterocycles. The number of ether oxygens (including phenoxy) is 1. The van der Waals surface area contributed by atoms with E-state index in [4.69, 9.17) is 10.5 Å². The van der Waals surface area contributed by atoms with E-state index >= 15 is 0 Å². The number of rotatable bonds is 6. The van der Waals surface area contributed by atoms with E-state index in [9.17, 15) is 0 Å². The van der Waals surface area contributed by atoms with E-state index in [1.807, 2.05) is 12.3 Å². The standard InChI is InChI=1S/C13H20N4O/c1-18-13-4-6-15-8-11(13)12-9-17(10-16-12)7-3-2-5-14/h4,6,8-9,16H,2-3,5,7,10,14H2,1H3. The van der Waals surface area contributed by atoms with Gasteiger partial charge in [-0.1, -0.05) is 0 Å². The summed E-state index contributed by atoms with van der Waals surface area (Å²) in [7, 11) is 1.67. The van der Waals surface area contributed by atoms with E-state index in [2.05, 4.69) is 21.4 Å². The van der Waals surface area contributed by atoms with Gasteiger partial charge in [0.1, 0.15) is 5.75 Å². The lowest BCUT2D eigenvalue weighted by molar-refractivity contribution is 0.380. The summed E-state index contributed by atoms with van der Waals surface area (Å²) in [6.07, 6.45) is 7.86. The van der Waals surface area contributed by atoms with Gasteiger partial charge in [-0.25, -0.2) is 0 Å². The molecule has 0 atom stereocenters. The first-order valence-corrected chi connectivity index (χ1v) is 6.23. The molecule has 1 aliphatic rings. The Labute approximate surface area is 108 Å². The molecule has 2 heterocycles. The van der Waals surface area contributed by atoms with Crippen molar-refractivity contribution in [2.75, 3.05) is 26.9 Å². The van der Waals surface area contributed by atoms with Crippen LogP contribution in [0, 0.1) is 0 Å². The van der Waals surface area contributed by atoms with E-state index < -0.39 is 0 Å². The van der Waals surface area contributed by atoms with Gasteiger partial charge < -0.3 is 20.7 Å². The number of pyridine rings is 1. The van der Waals surface area contributed by atoms with E-state index in [1.54, 1.807) is 13.3 Å². The van der Waals surface area contributed by atoms with Crippen molar-refractivity contribution in [1.29, 1.82) is 0 Å². The molecule has 0 bridgehead atoms. The van der Waals surface area contributed by atoms with Crippen LogP contribution in [-0.2, 0) is 0 Å². The van der Waals surface area contributed by atoms with Crippen LogP contribution >= 0.6 is 0 Å². The first kappa shape index (κ1) is 12.7. The van der Waals surface area contributed by atoms with Gasteiger partial charge in [-0.05, 0) is 25.5 Å². The SMILES string of the molecule is COc1ccncc1C1=CN(CCCCN)CN1. The number of aromatic nitrogens is 1. The van der Waals surface area contributed by atoms with E-state index in [0.717, 1.165) is 49.6 Å². The van der Waals surface area contributed by atoms with Gasteiger partial charge in [0.2, 0.25) is 0 Å². The summed E-state index contributed by atoms with van der Waals surface area (Å²) in [5.74, 6) is 0.840. The molecule has 3 N–H and O–H groups in total. The molecule has 0 saturated carbocycles. The number of methoxy groups -OCH3 is 1. The normalized spacial score (nSPS) is 14.3. The zero-order chi connectivity index (χ0) is 12.8. The molecule has 5 nitrogen and oxygen atoms in total. The van der Waals surface area contributed by atoms with Gasteiger partial charge in [0.05, 0.1) is 25.0 Å². The summed E-state index contributed by atoms with van der Waals surface area (Å²) in [5.41, 5.74) is 7.56. The predicted molar refractivity (Wildman–Crippen MR) is 71.8 cm³/mol. The Hall–Kier alpha value is -1.75. The highest BCUT2D eigenvalue weighted by Crippen LogP contribution is 2.25. The number of nitrogens with zero attached hydrogens (tertiary/aromatic N) is 2. The lowest BCUT2D eigenvalue weighted by Gasteiger charge is -2.13. The minimum absolute atomic E-state index is 0.758. The molecule has 0 amide bonds. The van der Waals surface area contributed by atoms with Crippen LogP contribution in [0.25, 0.3) is 5.70 Å². The smallest absolute Gasteiger partial charge is 0.131 e. The summed E-state index contributed by atoms with van der Waals surface area (Å²) in [6.45, 7) is 2.61. The highest BCUT2D eigenvalue weighted by Gasteiger charge is 2.15. The van der Waals surface area contributed by atoms with Crippen LogP contribution in [0.4, 0.5) is 0 Å². The molecule has 0 radical (unpaired) electrons. The molecule has 2 rings (SSSR count). The molecule has 18 heavy (non-hydrogen) atoms. The molecule has 0 saturated heterocycles. The van der Waals surface area contributed by atoms with Crippen molar-refractivity contribution in [2.45, 2.75) is 12.8 Å². The fourth-order valence-electron chi connectivity index (χ4n) is 1.99. The van der Waals surface area contributed by atoms with E-state index in [-0.39, 0.29) is 0 Å². The predicted octanol–water partition coefficient (Wildman–Crippen LogP) is 0.990. The number of nitrogens with one attached hydrogen (secondary N) is 1. The molecule has 98 valence electrons. The summed E-state index contributed by atoms with van der Waals surface area (Å²) in [4.78, 5) is 6.39. The average molecular weight is 248 g/mol. The second-order valence-electron chi connectivity index (χ2n) is 4.26. The largest absolute Gasteiger partial charge is 0.496 e. The maximum Gasteiger partial charge on any atom is 0.131 e. The van der Waals surface area contributed by atoms with Crippen LogP contribution in [0.5, 0.6) is 5.75 Å². The molecule has 0 aromatic carbocycles. The van der Waals surface area contributed by atoms with Crippen LogP contribution in [0.3, 0.4) is 0 Å². The fourth-order valence-corrected chi connectivity index (χ4v) is 1.99. The van der Waals surface area contributed by atoms with Crippen molar-refractivity contribution in [1.82, 2.24) is 15.2 Å². The lowest BCUT2D eigenvalue weighted by Crippen LogP contribution is -2.22. The van der Waals surface area contributed by atoms with Gasteiger partial charge in [-0.15, -0.1) is 0 Å². The Morgan fingerprint density at radius 3 is 3.17 bits per heavy atom. The minimum Gasteiger partial charge on any atom is -0.496 e. The Bertz CT molecular complexity index is 419. The molecular formula is C13H20N4O. The van der Waals surface area contributed by atoms with Crippen LogP contribution in [0.2, 0.25) is 0 Å². The summed E-state index contributed by atoms with van der Waals surface area (Å²) >= 11 is 0. The van der Waals surface area contributed by atoms with Crippen molar-refractivity contribution in [3.63, 3.8) is 0 Å². The monoisotopic (exact) mass is 248 g/mol. The molecule has 0 spiro atoms. The van der Waals surface area contributed by atoms with Crippen molar-refractivity contribution in [3.05, 3.63) is 30.2 Å². The third-order valence-electron chi connectivity index (χ3n) is 2.97. The molecule has 1 aromatic rings. The summed E-state index contributed by atoms with van der Waals surface area (Å²) in [6, 6.07) is 1.87. The fraction of sp³-hybridized carbons (Fsp3) is 0.462. The van der Waals surface area contributed by atoms with Crippen molar-refractivity contribution in [2.24, 2.45) is 5.73 Å². The highest BCUT2D eigenvalue weighted by molar-refractivity contribution is 5.69. The molecule has 0 fully saturated rings. The molecule has 0 aliphatic carbocycles. The van der Waals surface area contributed by atoms with Gasteiger partial charge in [0, 0.05) is 25.1 Å². The Balaban J connectivity index is 2.03. The number of unbranched alkanes of at least 4 members (excludes halogenated alkanes) is 1. The minimum atomic E-state index is 0.758. The molecule has 0 unspecified atom stereocenters. The number of hydrogen-bond donors (Lipinski definition) is 2. The number of hydrogen-bond acceptors (Lipinski definition) is 5. The van der Waals surface area contributed by atoms with Crippen LogP contribution < -0.4 is 15.8 Å². The van der Waals surface area contributed by atoms with Crippen molar-refractivity contribution >= 4 is 5.70 Å². The maximum absolute atomic E-state index is 5.50. The molecular weight excluding hydrogens is 228 g/mol. The Morgan fingerprint density at radius 1 is 1.50 bits per heavy atom. The third kappa shape index (κ3) is 2.92. The quantitative estimate of drug-likeness (QED) is 0.735. The maximum atomic E-state index is 5.50.